The fourth-order valence-corrected chi connectivity index (χ4v) is 3.13. The van der Waals surface area contributed by atoms with Crippen molar-refractivity contribution in [1.82, 2.24) is 9.13 Å². The Morgan fingerprint density at radius 3 is 2.33 bits per heavy atom. The first-order valence-corrected chi connectivity index (χ1v) is 7.42. The van der Waals surface area contributed by atoms with Crippen LogP contribution in [0.1, 0.15) is 0 Å². The van der Waals surface area contributed by atoms with E-state index in [0.29, 0.717) is 5.69 Å². The average Bonchev–Trinajstić information content (AvgIpc) is 2.88. The topological polar surface area (TPSA) is 70.1 Å². The third-order valence-electron chi connectivity index (χ3n) is 4.27. The van der Waals surface area contributed by atoms with Crippen LogP contribution in [0.4, 0.5) is 5.69 Å². The predicted octanol–water partition coefficient (Wildman–Crippen LogP) is 3.39. The molecule has 2 aromatic heterocycles. The van der Waals surface area contributed by atoms with Crippen LogP contribution >= 0.6 is 0 Å². The smallest absolute Gasteiger partial charge is 0.269 e. The molecular formula is C18H13N3O3. The van der Waals surface area contributed by atoms with Crippen LogP contribution in [0.5, 0.6) is 0 Å². The van der Waals surface area contributed by atoms with Crippen LogP contribution in [-0.4, -0.2) is 14.1 Å². The van der Waals surface area contributed by atoms with Crippen molar-refractivity contribution in [1.29, 1.82) is 0 Å². The summed E-state index contributed by atoms with van der Waals surface area (Å²) in [4.78, 5) is 22.9. The average molecular weight is 319 g/mol. The SMILES string of the molecule is Cn1c2ccccc2c2c1ccc(=O)n2-c1ccc([N+](=O)[O-])cc1. The quantitative estimate of drug-likeness (QED) is 0.420. The van der Waals surface area contributed by atoms with Gasteiger partial charge in [0.2, 0.25) is 0 Å². The van der Waals surface area contributed by atoms with E-state index >= 15 is 0 Å². The summed E-state index contributed by atoms with van der Waals surface area (Å²) < 4.78 is 3.63. The summed E-state index contributed by atoms with van der Waals surface area (Å²) in [5.74, 6) is 0. The van der Waals surface area contributed by atoms with Gasteiger partial charge in [0.1, 0.15) is 0 Å². The second-order valence-corrected chi connectivity index (χ2v) is 5.59. The largest absolute Gasteiger partial charge is 0.342 e. The van der Waals surface area contributed by atoms with Gasteiger partial charge >= 0.3 is 0 Å². The first-order valence-electron chi connectivity index (χ1n) is 7.42. The predicted molar refractivity (Wildman–Crippen MR) is 92.7 cm³/mol. The summed E-state index contributed by atoms with van der Waals surface area (Å²) >= 11 is 0. The first kappa shape index (κ1) is 14.2. The minimum Gasteiger partial charge on any atom is -0.342 e. The Bertz CT molecular complexity index is 1150. The lowest BCUT2D eigenvalue weighted by atomic mass is 10.2. The molecule has 0 aliphatic carbocycles. The lowest BCUT2D eigenvalue weighted by Crippen LogP contribution is -2.17. The van der Waals surface area contributed by atoms with E-state index in [1.165, 1.54) is 18.2 Å². The van der Waals surface area contributed by atoms with E-state index in [0.717, 1.165) is 21.9 Å². The van der Waals surface area contributed by atoms with E-state index in [2.05, 4.69) is 0 Å². The van der Waals surface area contributed by atoms with Gasteiger partial charge in [-0.3, -0.25) is 19.5 Å². The van der Waals surface area contributed by atoms with E-state index in [1.54, 1.807) is 22.8 Å². The molecule has 0 fully saturated rings. The van der Waals surface area contributed by atoms with Crippen molar-refractivity contribution >= 4 is 27.6 Å². The van der Waals surface area contributed by atoms with Crippen LogP contribution in [0, 0.1) is 10.1 Å². The Morgan fingerprint density at radius 2 is 1.62 bits per heavy atom. The summed E-state index contributed by atoms with van der Waals surface area (Å²) in [6.45, 7) is 0. The molecule has 0 bridgehead atoms. The number of rotatable bonds is 2. The molecule has 0 saturated carbocycles. The Labute approximate surface area is 136 Å². The zero-order valence-electron chi connectivity index (χ0n) is 12.8. The summed E-state index contributed by atoms with van der Waals surface area (Å²) in [5, 5.41) is 11.8. The second kappa shape index (κ2) is 5.06. The van der Waals surface area contributed by atoms with Crippen LogP contribution in [0.25, 0.3) is 27.6 Å². The fourth-order valence-electron chi connectivity index (χ4n) is 3.13. The number of nitro groups is 1. The number of non-ortho nitro benzene ring substituents is 1. The van der Waals surface area contributed by atoms with Gasteiger partial charge in [-0.05, 0) is 24.3 Å². The molecule has 0 atom stereocenters. The number of hydrogen-bond acceptors (Lipinski definition) is 3. The van der Waals surface area contributed by atoms with Crippen LogP contribution in [0.2, 0.25) is 0 Å². The molecule has 0 N–H and O–H groups in total. The highest BCUT2D eigenvalue weighted by molar-refractivity contribution is 6.06. The minimum absolute atomic E-state index is 0.00288. The standard InChI is InChI=1S/C18H13N3O3/c1-19-15-5-3-2-4-14(15)18-16(19)10-11-17(22)20(18)12-6-8-13(9-7-12)21(23)24/h2-11H,1H3. The molecule has 0 aliphatic rings. The maximum absolute atomic E-state index is 12.5. The highest BCUT2D eigenvalue weighted by atomic mass is 16.6. The van der Waals surface area contributed by atoms with Crippen molar-refractivity contribution < 1.29 is 4.92 Å². The molecular weight excluding hydrogens is 306 g/mol. The van der Waals surface area contributed by atoms with Crippen molar-refractivity contribution in [2.24, 2.45) is 7.05 Å². The van der Waals surface area contributed by atoms with Crippen LogP contribution < -0.4 is 5.56 Å². The van der Waals surface area contributed by atoms with Gasteiger partial charge in [0.25, 0.3) is 11.2 Å². The Morgan fingerprint density at radius 1 is 0.917 bits per heavy atom. The molecule has 0 saturated heterocycles. The molecule has 6 heteroatoms. The highest BCUT2D eigenvalue weighted by Crippen LogP contribution is 2.28. The lowest BCUT2D eigenvalue weighted by molar-refractivity contribution is -0.384. The summed E-state index contributed by atoms with van der Waals surface area (Å²) in [6.07, 6.45) is 0. The van der Waals surface area contributed by atoms with Gasteiger partial charge in [0.15, 0.2) is 0 Å². The normalized spacial score (nSPS) is 11.2. The molecule has 4 rings (SSSR count). The zero-order valence-corrected chi connectivity index (χ0v) is 12.8. The second-order valence-electron chi connectivity index (χ2n) is 5.59. The van der Waals surface area contributed by atoms with Gasteiger partial charge in [-0.1, -0.05) is 18.2 Å². The summed E-state index contributed by atoms with van der Waals surface area (Å²) in [5.41, 5.74) is 3.18. The van der Waals surface area contributed by atoms with E-state index in [1.807, 2.05) is 35.9 Å². The van der Waals surface area contributed by atoms with Gasteiger partial charge in [-0.25, -0.2) is 0 Å². The van der Waals surface area contributed by atoms with Crippen LogP contribution in [0.15, 0.2) is 65.5 Å². The third-order valence-corrected chi connectivity index (χ3v) is 4.27. The fraction of sp³-hybridized carbons (Fsp3) is 0.0556. The van der Waals surface area contributed by atoms with Gasteiger partial charge in [-0.15, -0.1) is 0 Å². The Kier molecular flexibility index (Phi) is 2.99. The minimum atomic E-state index is -0.453. The number of nitro benzene ring substituents is 1. The molecule has 4 aromatic rings. The van der Waals surface area contributed by atoms with E-state index in [9.17, 15) is 14.9 Å². The highest BCUT2D eigenvalue weighted by Gasteiger charge is 2.14. The molecule has 0 spiro atoms. The summed E-state index contributed by atoms with van der Waals surface area (Å²) in [6, 6.07) is 17.2. The molecule has 2 heterocycles. The third kappa shape index (κ3) is 1.93. The molecule has 0 aliphatic heterocycles. The van der Waals surface area contributed by atoms with Crippen molar-refractivity contribution in [2.45, 2.75) is 0 Å². The van der Waals surface area contributed by atoms with Gasteiger partial charge in [0.05, 0.1) is 21.5 Å². The molecule has 6 nitrogen and oxygen atoms in total. The molecule has 0 amide bonds. The van der Waals surface area contributed by atoms with Crippen molar-refractivity contribution in [3.8, 4) is 5.69 Å². The molecule has 118 valence electrons. The monoisotopic (exact) mass is 319 g/mol. The Balaban J connectivity index is 2.11. The van der Waals surface area contributed by atoms with E-state index < -0.39 is 4.92 Å². The Hall–Kier alpha value is -3.41. The van der Waals surface area contributed by atoms with Crippen LogP contribution in [0.3, 0.4) is 0 Å². The maximum Gasteiger partial charge on any atom is 0.269 e. The van der Waals surface area contributed by atoms with Crippen molar-refractivity contribution in [2.75, 3.05) is 0 Å². The summed E-state index contributed by atoms with van der Waals surface area (Å²) in [7, 11) is 1.95. The first-order chi connectivity index (χ1) is 11.6. The lowest BCUT2D eigenvalue weighted by Gasteiger charge is -2.08. The van der Waals surface area contributed by atoms with Crippen LogP contribution in [-0.2, 0) is 7.05 Å². The molecule has 0 unspecified atom stereocenters. The van der Waals surface area contributed by atoms with Crippen molar-refractivity contribution in [3.63, 3.8) is 0 Å². The number of fused-ring (bicyclic) bond motifs is 3. The number of hydrogen-bond donors (Lipinski definition) is 0. The molecule has 2 aromatic carbocycles. The van der Waals surface area contributed by atoms with E-state index in [-0.39, 0.29) is 11.2 Å². The van der Waals surface area contributed by atoms with E-state index in [4.69, 9.17) is 0 Å². The number of benzene rings is 2. The van der Waals surface area contributed by atoms with Crippen molar-refractivity contribution in [3.05, 3.63) is 81.1 Å². The maximum atomic E-state index is 12.5. The zero-order chi connectivity index (χ0) is 16.8. The van der Waals surface area contributed by atoms with Gasteiger partial charge in [-0.2, -0.15) is 0 Å². The number of aryl methyl sites for hydroxylation is 1. The number of aromatic nitrogens is 2. The van der Waals surface area contributed by atoms with Gasteiger partial charge in [0, 0.05) is 36.3 Å². The number of nitrogens with zero attached hydrogens (tertiary/aromatic N) is 3. The molecule has 0 radical (unpaired) electrons. The van der Waals surface area contributed by atoms with Gasteiger partial charge < -0.3 is 4.57 Å². The molecule has 24 heavy (non-hydrogen) atoms. The number of pyridine rings is 1. The number of para-hydroxylation sites is 1.